The molecule has 0 unspecified atom stereocenters. The molecule has 1 aromatic carbocycles. The largest absolute Gasteiger partial charge is 0.491 e. The zero-order valence-corrected chi connectivity index (χ0v) is 16.7. The number of aromatic nitrogens is 1. The standard InChI is InChI=1S/C20H28N2O3.ClH/c1-4-7-13-24-18-15-21-17-11-9-8-10-16(17)19(18)20(23)25-14-12-22(5-2)6-3;/h8-11,15H,4-7,12-14H2,1-3H3;1H. The normalized spacial score (nSPS) is 10.6. The van der Waals surface area contributed by atoms with Crippen molar-refractivity contribution in [3.8, 4) is 5.75 Å². The average Bonchev–Trinajstić information content (AvgIpc) is 2.65. The molecular weight excluding hydrogens is 352 g/mol. The van der Waals surface area contributed by atoms with Gasteiger partial charge in [0, 0.05) is 11.9 Å². The van der Waals surface area contributed by atoms with E-state index in [1.807, 2.05) is 24.3 Å². The van der Waals surface area contributed by atoms with Crippen LogP contribution in [0.25, 0.3) is 10.9 Å². The molecule has 0 aliphatic carbocycles. The molecular formula is C20H29ClN2O3. The first-order valence-corrected chi connectivity index (χ1v) is 9.11. The van der Waals surface area contributed by atoms with Crippen LogP contribution in [0.15, 0.2) is 30.5 Å². The van der Waals surface area contributed by atoms with Gasteiger partial charge in [0.25, 0.3) is 0 Å². The Labute approximate surface area is 162 Å². The number of pyridine rings is 1. The molecule has 5 nitrogen and oxygen atoms in total. The Morgan fingerprint density at radius 2 is 1.85 bits per heavy atom. The molecule has 1 aromatic heterocycles. The molecule has 0 saturated heterocycles. The molecule has 0 amide bonds. The van der Waals surface area contributed by atoms with Gasteiger partial charge in [-0.05, 0) is 25.6 Å². The monoisotopic (exact) mass is 380 g/mol. The van der Waals surface area contributed by atoms with E-state index in [0.29, 0.717) is 24.5 Å². The molecule has 26 heavy (non-hydrogen) atoms. The van der Waals surface area contributed by atoms with Crippen LogP contribution < -0.4 is 4.74 Å². The van der Waals surface area contributed by atoms with Gasteiger partial charge in [0.15, 0.2) is 5.75 Å². The summed E-state index contributed by atoms with van der Waals surface area (Å²) >= 11 is 0. The summed E-state index contributed by atoms with van der Waals surface area (Å²) < 4.78 is 11.3. The van der Waals surface area contributed by atoms with E-state index in [4.69, 9.17) is 9.47 Å². The summed E-state index contributed by atoms with van der Waals surface area (Å²) in [5.41, 5.74) is 1.24. The molecule has 0 saturated carbocycles. The molecule has 1 heterocycles. The lowest BCUT2D eigenvalue weighted by Gasteiger charge is -2.18. The maximum Gasteiger partial charge on any atom is 0.342 e. The molecule has 0 N–H and O–H groups in total. The number of carbonyl (C=O) groups excluding carboxylic acids is 1. The summed E-state index contributed by atoms with van der Waals surface area (Å²) in [7, 11) is 0. The number of likely N-dealkylation sites (N-methyl/N-ethyl adjacent to an activating group) is 1. The maximum absolute atomic E-state index is 12.7. The lowest BCUT2D eigenvalue weighted by molar-refractivity contribution is 0.0464. The Bertz CT molecular complexity index is 690. The first-order chi connectivity index (χ1) is 12.2. The summed E-state index contributed by atoms with van der Waals surface area (Å²) in [6, 6.07) is 7.57. The number of halogens is 1. The second-order valence-electron chi connectivity index (χ2n) is 5.88. The molecule has 144 valence electrons. The van der Waals surface area contributed by atoms with Crippen LogP contribution in [0, 0.1) is 0 Å². The quantitative estimate of drug-likeness (QED) is 0.453. The number of benzene rings is 1. The van der Waals surface area contributed by atoms with Crippen molar-refractivity contribution >= 4 is 29.3 Å². The molecule has 6 heteroatoms. The molecule has 0 atom stereocenters. The fourth-order valence-corrected chi connectivity index (χ4v) is 2.65. The van der Waals surface area contributed by atoms with Gasteiger partial charge in [0.05, 0.1) is 18.3 Å². The molecule has 0 aliphatic rings. The van der Waals surface area contributed by atoms with Gasteiger partial charge >= 0.3 is 5.97 Å². The number of unbranched alkanes of at least 4 members (excludes halogenated alkanes) is 1. The Hall–Kier alpha value is -1.85. The number of fused-ring (bicyclic) bond motifs is 1. The highest BCUT2D eigenvalue weighted by Gasteiger charge is 2.19. The van der Waals surface area contributed by atoms with E-state index in [1.165, 1.54) is 0 Å². The number of rotatable bonds is 10. The van der Waals surface area contributed by atoms with Crippen LogP contribution >= 0.6 is 12.4 Å². The zero-order chi connectivity index (χ0) is 18.1. The molecule has 2 aromatic rings. The van der Waals surface area contributed by atoms with E-state index < -0.39 is 0 Å². The Morgan fingerprint density at radius 1 is 1.12 bits per heavy atom. The van der Waals surface area contributed by atoms with Gasteiger partial charge in [-0.3, -0.25) is 4.98 Å². The molecule has 0 radical (unpaired) electrons. The summed E-state index contributed by atoms with van der Waals surface area (Å²) in [6.07, 6.45) is 3.59. The number of esters is 1. The number of hydrogen-bond acceptors (Lipinski definition) is 5. The minimum atomic E-state index is -0.350. The van der Waals surface area contributed by atoms with E-state index in [9.17, 15) is 4.79 Å². The predicted octanol–water partition coefficient (Wildman–Crippen LogP) is 4.33. The lowest BCUT2D eigenvalue weighted by Crippen LogP contribution is -2.28. The van der Waals surface area contributed by atoms with Gasteiger partial charge in [0.1, 0.15) is 12.2 Å². The van der Waals surface area contributed by atoms with Crippen LogP contribution in [0.3, 0.4) is 0 Å². The van der Waals surface area contributed by atoms with Gasteiger partial charge in [-0.25, -0.2) is 4.79 Å². The minimum absolute atomic E-state index is 0. The number of carbonyl (C=O) groups is 1. The van der Waals surface area contributed by atoms with Gasteiger partial charge in [-0.1, -0.05) is 45.4 Å². The second-order valence-corrected chi connectivity index (χ2v) is 5.88. The first kappa shape index (κ1) is 22.2. The smallest absolute Gasteiger partial charge is 0.342 e. The topological polar surface area (TPSA) is 51.7 Å². The third-order valence-electron chi connectivity index (χ3n) is 4.24. The highest BCUT2D eigenvalue weighted by Crippen LogP contribution is 2.27. The Morgan fingerprint density at radius 3 is 2.54 bits per heavy atom. The van der Waals surface area contributed by atoms with Crippen LogP contribution in [0.5, 0.6) is 5.75 Å². The van der Waals surface area contributed by atoms with E-state index in [2.05, 4.69) is 30.7 Å². The highest BCUT2D eigenvalue weighted by molar-refractivity contribution is 6.05. The third-order valence-corrected chi connectivity index (χ3v) is 4.24. The van der Waals surface area contributed by atoms with Crippen molar-refractivity contribution in [2.45, 2.75) is 33.6 Å². The van der Waals surface area contributed by atoms with Crippen LogP contribution in [-0.2, 0) is 4.74 Å². The number of para-hydroxylation sites is 1. The SMILES string of the molecule is CCCCOc1cnc2ccccc2c1C(=O)OCCN(CC)CC.Cl. The summed E-state index contributed by atoms with van der Waals surface area (Å²) in [4.78, 5) is 19.3. The van der Waals surface area contributed by atoms with Crippen LogP contribution in [0.1, 0.15) is 44.0 Å². The minimum Gasteiger partial charge on any atom is -0.491 e. The van der Waals surface area contributed by atoms with E-state index >= 15 is 0 Å². The van der Waals surface area contributed by atoms with E-state index in [0.717, 1.165) is 43.4 Å². The number of ether oxygens (including phenoxy) is 2. The van der Waals surface area contributed by atoms with Gasteiger partial charge in [0.2, 0.25) is 0 Å². The molecule has 0 fully saturated rings. The third kappa shape index (κ3) is 5.85. The van der Waals surface area contributed by atoms with Crippen molar-refractivity contribution in [1.82, 2.24) is 9.88 Å². The van der Waals surface area contributed by atoms with Crippen LogP contribution in [0.4, 0.5) is 0 Å². The van der Waals surface area contributed by atoms with Crippen LogP contribution in [-0.4, -0.2) is 48.7 Å². The molecule has 0 spiro atoms. The van der Waals surface area contributed by atoms with Crippen LogP contribution in [0.2, 0.25) is 0 Å². The van der Waals surface area contributed by atoms with E-state index in [-0.39, 0.29) is 18.4 Å². The van der Waals surface area contributed by atoms with Gasteiger partial charge in [-0.2, -0.15) is 0 Å². The van der Waals surface area contributed by atoms with Crippen molar-refractivity contribution < 1.29 is 14.3 Å². The zero-order valence-electron chi connectivity index (χ0n) is 15.9. The number of nitrogens with zero attached hydrogens (tertiary/aromatic N) is 2. The Kier molecular flexibility index (Phi) is 9.99. The Balaban J connectivity index is 0.00000338. The van der Waals surface area contributed by atoms with Crippen molar-refractivity contribution in [2.24, 2.45) is 0 Å². The molecule has 0 aliphatic heterocycles. The predicted molar refractivity (Wildman–Crippen MR) is 107 cm³/mol. The van der Waals surface area contributed by atoms with Crippen molar-refractivity contribution in [2.75, 3.05) is 32.8 Å². The molecule has 2 rings (SSSR count). The van der Waals surface area contributed by atoms with Gasteiger partial charge < -0.3 is 14.4 Å². The second kappa shape index (κ2) is 11.7. The summed E-state index contributed by atoms with van der Waals surface area (Å²) in [6.45, 7) is 9.85. The maximum atomic E-state index is 12.7. The lowest BCUT2D eigenvalue weighted by atomic mass is 10.1. The average molecular weight is 381 g/mol. The van der Waals surface area contributed by atoms with Crippen molar-refractivity contribution in [1.29, 1.82) is 0 Å². The summed E-state index contributed by atoms with van der Waals surface area (Å²) in [5.74, 6) is 0.150. The first-order valence-electron chi connectivity index (χ1n) is 9.11. The fourth-order valence-electron chi connectivity index (χ4n) is 2.65. The molecule has 0 bridgehead atoms. The summed E-state index contributed by atoms with van der Waals surface area (Å²) in [5, 5.41) is 0.768. The number of hydrogen-bond donors (Lipinski definition) is 0. The van der Waals surface area contributed by atoms with Crippen molar-refractivity contribution in [3.63, 3.8) is 0 Å². The highest BCUT2D eigenvalue weighted by atomic mass is 35.5. The van der Waals surface area contributed by atoms with E-state index in [1.54, 1.807) is 6.20 Å². The van der Waals surface area contributed by atoms with Gasteiger partial charge in [-0.15, -0.1) is 12.4 Å². The van der Waals surface area contributed by atoms with Crippen molar-refractivity contribution in [3.05, 3.63) is 36.0 Å². The fraction of sp³-hybridized carbons (Fsp3) is 0.500.